The molecule has 4 aliphatic heterocycles. The summed E-state index contributed by atoms with van der Waals surface area (Å²) in [5.74, 6) is -16.8. The summed E-state index contributed by atoms with van der Waals surface area (Å²) in [5.41, 5.74) is 3.61. The Morgan fingerprint density at radius 3 is 1.55 bits per heavy atom. The van der Waals surface area contributed by atoms with Crippen LogP contribution in [-0.4, -0.2) is 131 Å². The van der Waals surface area contributed by atoms with Gasteiger partial charge in [0.1, 0.15) is 18.2 Å². The van der Waals surface area contributed by atoms with Gasteiger partial charge in [0.05, 0.1) is 60.3 Å². The van der Waals surface area contributed by atoms with Crippen molar-refractivity contribution >= 4 is 70.6 Å². The molecule has 24 heteroatoms. The number of aromatic amines is 1. The molecular formula is C69H69F4N9O11. The molecule has 0 radical (unpaired) electrons. The zero-order valence-electron chi connectivity index (χ0n) is 51.1. The number of ketones is 3. The first kappa shape index (κ1) is 67.1. The molecule has 6 amide bonds. The van der Waals surface area contributed by atoms with E-state index in [1.807, 2.05) is 121 Å². The molecule has 5 aliphatic rings. The maximum absolute atomic E-state index is 13.5. The van der Waals surface area contributed by atoms with Crippen LogP contribution in [0.1, 0.15) is 61.8 Å². The van der Waals surface area contributed by atoms with Gasteiger partial charge < -0.3 is 30.6 Å². The fraction of sp³-hybridized carbons (Fsp3) is 0.333. The van der Waals surface area contributed by atoms with E-state index in [1.54, 1.807) is 53.6 Å². The molecule has 4 aromatic carbocycles. The van der Waals surface area contributed by atoms with Crippen LogP contribution >= 0.6 is 0 Å². The predicted octanol–water partition coefficient (Wildman–Crippen LogP) is 6.79. The Kier molecular flexibility index (Phi) is 21.5. The van der Waals surface area contributed by atoms with E-state index in [0.717, 1.165) is 35.1 Å². The molecule has 1 unspecified atom stereocenters. The minimum atomic E-state index is -3.17. The number of hydrogen-bond acceptors (Lipinski definition) is 13. The lowest BCUT2D eigenvalue weighted by Gasteiger charge is -2.16. The number of nitrogens with zero attached hydrogens (tertiary/aromatic N) is 5. The van der Waals surface area contributed by atoms with Crippen LogP contribution in [0, 0.1) is 29.6 Å². The van der Waals surface area contributed by atoms with Crippen molar-refractivity contribution in [2.75, 3.05) is 42.5 Å². The standard InChI is InChI=1S/C28H27F2N3O4.C21H21F2N3O4.C20H21N3O3/c1-28(29,30)18-31-26(35)25(34)22-16-33(27(36)21(22)15-19-9-4-2-5-10-19)23-13-8-14-24(32-23)37-17-20-11-6-3-7-12-20;1-21(22,23)12-24-19(29)18(28)15-11-26(16-8-5-9-17(27)25-16)20(30)14(15)10-13-6-3-2-4-7-13;1-12-9-15(10-21-12)23-11-16(18(24)19(25)22-14-7-8-14)17(20(23)26)13-5-3-2-4-6-13/h2-14,21-22H,15-18H2,1H3,(H,31,35);2-9,14-15H,10-12H2,1H3,(H,24,29)(H,25,27);2-6,9-10,12,14,16-17H,7-8,11H2,1H3,(H,22,25)/t21-,22+;14-,15+;12?,16-,17+/m110/s1. The number of carbonyl (C=O) groups excluding carboxylic acids is 9. The van der Waals surface area contributed by atoms with Gasteiger partial charge in [0.25, 0.3) is 29.6 Å². The first-order valence-electron chi connectivity index (χ1n) is 30.3. The summed E-state index contributed by atoms with van der Waals surface area (Å²) in [6.45, 7) is 1.53. The number of amides is 6. The summed E-state index contributed by atoms with van der Waals surface area (Å²) >= 11 is 0. The second-order valence-corrected chi connectivity index (χ2v) is 23.6. The molecule has 2 aromatic heterocycles. The zero-order chi connectivity index (χ0) is 66.6. The topological polar surface area (TPSA) is 267 Å². The fourth-order valence-corrected chi connectivity index (χ4v) is 11.2. The average Bonchev–Trinajstić information content (AvgIpc) is 1.72. The highest BCUT2D eigenvalue weighted by atomic mass is 19.3. The van der Waals surface area contributed by atoms with E-state index in [-0.39, 0.29) is 74.6 Å². The number of carbonyl (C=O) groups is 9. The highest BCUT2D eigenvalue weighted by molar-refractivity contribution is 6.39. The van der Waals surface area contributed by atoms with E-state index < -0.39 is 107 Å². The van der Waals surface area contributed by atoms with Gasteiger partial charge in [0, 0.05) is 57.9 Å². The van der Waals surface area contributed by atoms with Crippen molar-refractivity contribution in [1.29, 1.82) is 0 Å². The molecule has 7 atom stereocenters. The number of pyridine rings is 2. The molecule has 93 heavy (non-hydrogen) atoms. The van der Waals surface area contributed by atoms with E-state index in [4.69, 9.17) is 4.74 Å². The summed E-state index contributed by atoms with van der Waals surface area (Å²) < 4.78 is 58.3. The van der Waals surface area contributed by atoms with Crippen LogP contribution in [0.5, 0.6) is 5.88 Å². The van der Waals surface area contributed by atoms with E-state index in [0.29, 0.717) is 25.4 Å². The molecule has 4 fully saturated rings. The Morgan fingerprint density at radius 2 is 1.04 bits per heavy atom. The van der Waals surface area contributed by atoms with Crippen LogP contribution in [0.15, 0.2) is 179 Å². The lowest BCUT2D eigenvalue weighted by Crippen LogP contribution is -2.42. The summed E-state index contributed by atoms with van der Waals surface area (Å²) in [6, 6.07) is 46.2. The van der Waals surface area contributed by atoms with Crippen molar-refractivity contribution < 1.29 is 65.4 Å². The van der Waals surface area contributed by atoms with Crippen molar-refractivity contribution in [2.45, 2.75) is 82.9 Å². The fourth-order valence-electron chi connectivity index (χ4n) is 11.2. The number of hydrogen-bond donors (Lipinski definition) is 4. The van der Waals surface area contributed by atoms with Crippen LogP contribution in [-0.2, 0) is 62.6 Å². The number of aromatic nitrogens is 2. The van der Waals surface area contributed by atoms with Gasteiger partial charge in [-0.05, 0) is 73.1 Å². The predicted molar refractivity (Wildman–Crippen MR) is 335 cm³/mol. The minimum Gasteiger partial charge on any atom is -0.473 e. The quantitative estimate of drug-likeness (QED) is 0.0404. The van der Waals surface area contributed by atoms with Crippen molar-refractivity contribution in [3.8, 4) is 5.88 Å². The van der Waals surface area contributed by atoms with Gasteiger partial charge in [-0.25, -0.2) is 17.6 Å². The number of Topliss-reactive ketones (excluding diaryl/α,β-unsaturated/α-hetero) is 3. The molecule has 4 N–H and O–H groups in total. The van der Waals surface area contributed by atoms with Gasteiger partial charge >= 0.3 is 0 Å². The van der Waals surface area contributed by atoms with Crippen LogP contribution in [0.3, 0.4) is 0 Å². The number of ether oxygens (including phenoxy) is 1. The van der Waals surface area contributed by atoms with E-state index in [9.17, 15) is 65.5 Å². The van der Waals surface area contributed by atoms with Gasteiger partial charge in [-0.15, -0.1) is 0 Å². The van der Waals surface area contributed by atoms with Gasteiger partial charge in [-0.1, -0.05) is 133 Å². The molecule has 1 aliphatic carbocycles. The largest absolute Gasteiger partial charge is 0.473 e. The number of halogens is 4. The highest BCUT2D eigenvalue weighted by Gasteiger charge is 2.50. The number of alkyl halides is 4. The summed E-state index contributed by atoms with van der Waals surface area (Å²) in [4.78, 5) is 142. The lowest BCUT2D eigenvalue weighted by molar-refractivity contribution is -0.142. The van der Waals surface area contributed by atoms with Crippen LogP contribution in [0.25, 0.3) is 0 Å². The minimum absolute atomic E-state index is 0.0147. The SMILES string of the molecule is CC(F)(F)CNC(=O)C(=O)[C@H]1CN(c2cccc(=O)[nH]2)C(=O)[C@@H]1Cc1ccccc1.CC(F)(F)CNC(=O)C(=O)[C@H]1CN(c2cccc(OCc3ccccc3)n2)C(=O)[C@@H]1Cc1ccccc1.CC1C=C(N2C[C@H](C(=O)C(=O)NC3CC3)[C@@H](c3ccccc3)C2=O)C=N1. The molecule has 0 spiro atoms. The Hall–Kier alpha value is -10.3. The zero-order valence-corrected chi connectivity index (χ0v) is 51.1. The van der Waals surface area contributed by atoms with Crippen LogP contribution < -0.4 is 36.0 Å². The summed E-state index contributed by atoms with van der Waals surface area (Å²) in [5, 5.41) is 6.68. The number of aliphatic imine (C=N–C) groups is 1. The molecule has 1 saturated carbocycles. The third-order valence-electron chi connectivity index (χ3n) is 16.1. The normalized spacial score (nSPS) is 20.8. The molecule has 6 heterocycles. The van der Waals surface area contributed by atoms with Crippen LogP contribution in [0.4, 0.5) is 29.2 Å². The van der Waals surface area contributed by atoms with Crippen molar-refractivity contribution in [2.24, 2.45) is 34.6 Å². The van der Waals surface area contributed by atoms with E-state index >= 15 is 0 Å². The second kappa shape index (κ2) is 29.8. The summed E-state index contributed by atoms with van der Waals surface area (Å²) in [6.07, 6.45) is 5.81. The first-order chi connectivity index (χ1) is 44.4. The molecule has 20 nitrogen and oxygen atoms in total. The maximum Gasteiger partial charge on any atom is 0.287 e. The molecular weight excluding hydrogens is 1210 g/mol. The summed E-state index contributed by atoms with van der Waals surface area (Å²) in [7, 11) is 0. The van der Waals surface area contributed by atoms with E-state index in [1.165, 1.54) is 28.0 Å². The van der Waals surface area contributed by atoms with Gasteiger partial charge in [0.15, 0.2) is 0 Å². The number of H-pyrrole nitrogens is 1. The van der Waals surface area contributed by atoms with Crippen molar-refractivity contribution in [3.63, 3.8) is 0 Å². The van der Waals surface area contributed by atoms with Gasteiger partial charge in [-0.2, -0.15) is 4.98 Å². The Morgan fingerprint density at radius 1 is 0.559 bits per heavy atom. The smallest absolute Gasteiger partial charge is 0.287 e. The molecule has 11 rings (SSSR count). The number of anilines is 2. The third kappa shape index (κ3) is 17.8. The average molecular weight is 1280 g/mol. The Labute approximate surface area is 532 Å². The Balaban J connectivity index is 0.000000167. The maximum atomic E-state index is 13.5. The van der Waals surface area contributed by atoms with Crippen molar-refractivity contribution in [1.82, 2.24) is 30.8 Å². The molecule has 484 valence electrons. The number of benzene rings is 4. The molecule has 0 bridgehead atoms. The number of rotatable bonds is 22. The lowest BCUT2D eigenvalue weighted by atomic mass is 9.85. The molecule has 6 aromatic rings. The third-order valence-corrected chi connectivity index (χ3v) is 16.1. The Bertz CT molecular complexity index is 3840. The number of nitrogens with one attached hydrogen (secondary N) is 4. The molecule has 3 saturated heterocycles. The second-order valence-electron chi connectivity index (χ2n) is 23.6. The first-order valence-corrected chi connectivity index (χ1v) is 30.3. The van der Waals surface area contributed by atoms with Gasteiger partial charge in [0.2, 0.25) is 46.5 Å². The number of allylic oxidation sites excluding steroid dienone is 1. The monoisotopic (exact) mass is 1280 g/mol. The van der Waals surface area contributed by atoms with Gasteiger partial charge in [-0.3, -0.25) is 62.7 Å². The van der Waals surface area contributed by atoms with Crippen LogP contribution in [0.2, 0.25) is 0 Å². The van der Waals surface area contributed by atoms with Crippen molar-refractivity contribution in [3.05, 3.63) is 202 Å². The number of likely N-dealkylation sites (tertiary alicyclic amines) is 1. The van der Waals surface area contributed by atoms with E-state index in [2.05, 4.69) is 20.3 Å². The highest BCUT2D eigenvalue weighted by Crippen LogP contribution is 2.38.